The van der Waals surface area contributed by atoms with E-state index in [9.17, 15) is 18.0 Å². The standard InChI is InChI=1S/C20H18N4O4S/c1-2-19(25)22-11-15(12-22)23-10-13-7-8-14(9-16(13)20(23)26)24-18-6-4-3-5-17(18)21-29(24,27)28/h2-9,15,21H,1,10-12H2. The summed E-state index contributed by atoms with van der Waals surface area (Å²) >= 11 is 0. The van der Waals surface area contributed by atoms with Crippen molar-refractivity contribution in [2.24, 2.45) is 0 Å². The molecule has 148 valence electrons. The molecule has 1 N–H and O–H groups in total. The van der Waals surface area contributed by atoms with Gasteiger partial charge < -0.3 is 9.80 Å². The van der Waals surface area contributed by atoms with Crippen LogP contribution >= 0.6 is 0 Å². The number of anilines is 3. The second-order valence-electron chi connectivity index (χ2n) is 7.26. The van der Waals surface area contributed by atoms with Gasteiger partial charge in [-0.2, -0.15) is 8.42 Å². The molecular formula is C20H18N4O4S. The number of hydrogen-bond acceptors (Lipinski definition) is 4. The first-order valence-corrected chi connectivity index (χ1v) is 10.6. The highest BCUT2D eigenvalue weighted by Gasteiger charge is 2.41. The highest BCUT2D eigenvalue weighted by molar-refractivity contribution is 7.95. The molecule has 3 aliphatic heterocycles. The van der Waals surface area contributed by atoms with Gasteiger partial charge in [0.25, 0.3) is 5.91 Å². The van der Waals surface area contributed by atoms with E-state index in [0.29, 0.717) is 42.3 Å². The van der Waals surface area contributed by atoms with Gasteiger partial charge in [0.15, 0.2) is 0 Å². The van der Waals surface area contributed by atoms with Gasteiger partial charge in [0.1, 0.15) is 0 Å². The van der Waals surface area contributed by atoms with Crippen molar-refractivity contribution in [2.45, 2.75) is 12.6 Å². The second-order valence-corrected chi connectivity index (χ2v) is 8.78. The van der Waals surface area contributed by atoms with Crippen molar-refractivity contribution in [1.82, 2.24) is 9.80 Å². The quantitative estimate of drug-likeness (QED) is 0.782. The number of carbonyl (C=O) groups is 2. The molecular weight excluding hydrogens is 392 g/mol. The fourth-order valence-electron chi connectivity index (χ4n) is 4.02. The Morgan fingerprint density at radius 1 is 1.17 bits per heavy atom. The minimum atomic E-state index is -3.77. The Kier molecular flexibility index (Phi) is 3.72. The molecule has 2 amide bonds. The van der Waals surface area contributed by atoms with Crippen LogP contribution < -0.4 is 9.03 Å². The molecule has 2 aromatic rings. The maximum Gasteiger partial charge on any atom is 0.328 e. The van der Waals surface area contributed by atoms with Crippen LogP contribution in [0, 0.1) is 0 Å². The van der Waals surface area contributed by atoms with Gasteiger partial charge in [0, 0.05) is 25.2 Å². The Hall–Kier alpha value is -3.33. The second kappa shape index (κ2) is 6.08. The summed E-state index contributed by atoms with van der Waals surface area (Å²) in [5.74, 6) is -0.284. The third kappa shape index (κ3) is 2.61. The van der Waals surface area contributed by atoms with Crippen molar-refractivity contribution in [3.8, 4) is 0 Å². The van der Waals surface area contributed by atoms with Crippen LogP contribution in [0.5, 0.6) is 0 Å². The SMILES string of the molecule is C=CC(=O)N1CC(N2Cc3ccc(N4c5ccccc5NS4(=O)=O)cc3C2=O)C1. The molecule has 0 unspecified atom stereocenters. The normalized spacial score (nSPS) is 19.4. The van der Waals surface area contributed by atoms with Crippen LogP contribution in [0.25, 0.3) is 0 Å². The fourth-order valence-corrected chi connectivity index (χ4v) is 5.37. The molecule has 1 saturated heterocycles. The van der Waals surface area contributed by atoms with Gasteiger partial charge in [-0.25, -0.2) is 4.31 Å². The first-order valence-electron chi connectivity index (χ1n) is 9.16. The van der Waals surface area contributed by atoms with Crippen molar-refractivity contribution in [2.75, 3.05) is 22.1 Å². The molecule has 9 heteroatoms. The first-order chi connectivity index (χ1) is 13.9. The van der Waals surface area contributed by atoms with E-state index in [-0.39, 0.29) is 17.9 Å². The minimum absolute atomic E-state index is 0.0415. The average molecular weight is 410 g/mol. The van der Waals surface area contributed by atoms with Crippen molar-refractivity contribution in [1.29, 1.82) is 0 Å². The largest absolute Gasteiger partial charge is 0.335 e. The van der Waals surface area contributed by atoms with Crippen molar-refractivity contribution < 1.29 is 18.0 Å². The van der Waals surface area contributed by atoms with E-state index in [1.165, 1.54) is 10.4 Å². The van der Waals surface area contributed by atoms with Gasteiger partial charge in [0.2, 0.25) is 5.91 Å². The van der Waals surface area contributed by atoms with Crippen molar-refractivity contribution >= 4 is 39.1 Å². The summed E-state index contributed by atoms with van der Waals surface area (Å²) in [6.45, 7) is 4.90. The predicted molar refractivity (Wildman–Crippen MR) is 108 cm³/mol. The number of para-hydroxylation sites is 2. The molecule has 0 radical (unpaired) electrons. The lowest BCUT2D eigenvalue weighted by Gasteiger charge is -2.43. The Morgan fingerprint density at radius 2 is 1.93 bits per heavy atom. The molecule has 1 fully saturated rings. The maximum absolute atomic E-state index is 13.0. The number of likely N-dealkylation sites (tertiary alicyclic amines) is 1. The van der Waals surface area contributed by atoms with Crippen LogP contribution in [0.15, 0.2) is 55.1 Å². The molecule has 0 spiro atoms. The van der Waals surface area contributed by atoms with E-state index < -0.39 is 10.2 Å². The molecule has 0 aromatic heterocycles. The zero-order valence-electron chi connectivity index (χ0n) is 15.4. The van der Waals surface area contributed by atoms with Crippen LogP contribution in [0.3, 0.4) is 0 Å². The Balaban J connectivity index is 1.43. The topological polar surface area (TPSA) is 90.0 Å². The molecule has 3 heterocycles. The number of hydrogen-bond donors (Lipinski definition) is 1. The predicted octanol–water partition coefficient (Wildman–Crippen LogP) is 1.85. The van der Waals surface area contributed by atoms with E-state index in [2.05, 4.69) is 11.3 Å². The van der Waals surface area contributed by atoms with E-state index in [4.69, 9.17) is 0 Å². The number of nitrogens with one attached hydrogen (secondary N) is 1. The summed E-state index contributed by atoms with van der Waals surface area (Å²) in [5.41, 5.74) is 2.78. The highest BCUT2D eigenvalue weighted by Crippen LogP contribution is 2.42. The molecule has 5 rings (SSSR count). The summed E-state index contributed by atoms with van der Waals surface area (Å²) in [6, 6.07) is 12.0. The zero-order valence-corrected chi connectivity index (χ0v) is 16.2. The number of amides is 2. The van der Waals surface area contributed by atoms with Gasteiger partial charge in [-0.3, -0.25) is 14.3 Å². The fraction of sp³-hybridized carbons (Fsp3) is 0.200. The number of carbonyl (C=O) groups excluding carboxylic acids is 2. The Bertz CT molecular complexity index is 1170. The van der Waals surface area contributed by atoms with E-state index in [1.807, 2.05) is 0 Å². The first kappa shape index (κ1) is 17.7. The molecule has 0 saturated carbocycles. The summed E-state index contributed by atoms with van der Waals surface area (Å²) < 4.78 is 29.0. The summed E-state index contributed by atoms with van der Waals surface area (Å²) in [4.78, 5) is 28.0. The molecule has 0 atom stereocenters. The highest BCUT2D eigenvalue weighted by atomic mass is 32.2. The molecule has 0 aliphatic carbocycles. The summed E-state index contributed by atoms with van der Waals surface area (Å²) in [5, 5.41) is 0. The molecule has 2 aromatic carbocycles. The third-order valence-corrected chi connectivity index (χ3v) is 6.92. The van der Waals surface area contributed by atoms with E-state index >= 15 is 0 Å². The van der Waals surface area contributed by atoms with E-state index in [1.54, 1.807) is 52.3 Å². The maximum atomic E-state index is 13.0. The van der Waals surface area contributed by atoms with Crippen molar-refractivity contribution in [3.63, 3.8) is 0 Å². The smallest absolute Gasteiger partial charge is 0.328 e. The number of rotatable bonds is 3. The number of benzene rings is 2. The third-order valence-electron chi connectivity index (χ3n) is 5.55. The lowest BCUT2D eigenvalue weighted by Crippen LogP contribution is -2.60. The van der Waals surface area contributed by atoms with E-state index in [0.717, 1.165) is 5.56 Å². The van der Waals surface area contributed by atoms with Gasteiger partial charge in [-0.05, 0) is 35.9 Å². The molecule has 29 heavy (non-hydrogen) atoms. The average Bonchev–Trinajstić information content (AvgIpc) is 3.12. The van der Waals surface area contributed by atoms with Crippen LogP contribution in [0.1, 0.15) is 15.9 Å². The molecule has 3 aliphatic rings. The Labute approximate surface area is 168 Å². The van der Waals surface area contributed by atoms with Crippen LogP contribution in [-0.2, 0) is 21.5 Å². The van der Waals surface area contributed by atoms with Crippen LogP contribution in [0.2, 0.25) is 0 Å². The summed E-state index contributed by atoms with van der Waals surface area (Å²) in [6.07, 6.45) is 1.27. The lowest BCUT2D eigenvalue weighted by atomic mass is 10.1. The lowest BCUT2D eigenvalue weighted by molar-refractivity contribution is -0.132. The monoisotopic (exact) mass is 410 g/mol. The van der Waals surface area contributed by atoms with Gasteiger partial charge >= 0.3 is 10.2 Å². The van der Waals surface area contributed by atoms with Gasteiger partial charge in [-0.1, -0.05) is 24.8 Å². The number of nitrogens with zero attached hydrogens (tertiary/aromatic N) is 3. The van der Waals surface area contributed by atoms with Gasteiger partial charge in [0.05, 0.1) is 23.1 Å². The van der Waals surface area contributed by atoms with Gasteiger partial charge in [-0.15, -0.1) is 0 Å². The zero-order chi connectivity index (χ0) is 20.3. The minimum Gasteiger partial charge on any atom is -0.335 e. The Morgan fingerprint density at radius 3 is 2.69 bits per heavy atom. The van der Waals surface area contributed by atoms with Crippen molar-refractivity contribution in [3.05, 3.63) is 66.2 Å². The van der Waals surface area contributed by atoms with Crippen LogP contribution in [0.4, 0.5) is 17.1 Å². The molecule has 8 nitrogen and oxygen atoms in total. The van der Waals surface area contributed by atoms with Crippen LogP contribution in [-0.4, -0.2) is 49.2 Å². The number of fused-ring (bicyclic) bond motifs is 2. The summed E-state index contributed by atoms with van der Waals surface area (Å²) in [7, 11) is -3.77. The molecule has 0 bridgehead atoms.